The zero-order chi connectivity index (χ0) is 15.6. The molecule has 2 unspecified atom stereocenters. The van der Waals surface area contributed by atoms with E-state index in [1.54, 1.807) is 0 Å². The third-order valence-electron chi connectivity index (χ3n) is 4.24. The third kappa shape index (κ3) is 3.27. The molecule has 116 valence electrons. The van der Waals surface area contributed by atoms with Gasteiger partial charge in [-0.3, -0.25) is 4.79 Å². The van der Waals surface area contributed by atoms with E-state index in [0.717, 1.165) is 11.1 Å². The van der Waals surface area contributed by atoms with Crippen LogP contribution in [0.5, 0.6) is 0 Å². The maximum atomic E-state index is 12.6. The van der Waals surface area contributed by atoms with Crippen LogP contribution in [0, 0.1) is 12.8 Å². The van der Waals surface area contributed by atoms with Gasteiger partial charge < -0.3 is 5.11 Å². The van der Waals surface area contributed by atoms with Crippen LogP contribution in [-0.2, 0) is 21.4 Å². The van der Waals surface area contributed by atoms with E-state index in [-0.39, 0.29) is 6.54 Å². The van der Waals surface area contributed by atoms with Crippen LogP contribution in [-0.4, -0.2) is 36.1 Å². The number of hydrogen-bond acceptors (Lipinski definition) is 3. The van der Waals surface area contributed by atoms with E-state index in [0.29, 0.717) is 19.3 Å². The molecule has 1 N–H and O–H groups in total. The summed E-state index contributed by atoms with van der Waals surface area (Å²) in [5.74, 6) is -1.79. The van der Waals surface area contributed by atoms with Crippen LogP contribution in [0.3, 0.4) is 0 Å². The van der Waals surface area contributed by atoms with E-state index in [4.69, 9.17) is 0 Å². The number of nitrogens with zero attached hydrogens (tertiary/aromatic N) is 1. The Morgan fingerprint density at radius 1 is 1.33 bits per heavy atom. The van der Waals surface area contributed by atoms with E-state index in [1.807, 2.05) is 31.2 Å². The van der Waals surface area contributed by atoms with Gasteiger partial charge in [0.2, 0.25) is 10.0 Å². The average Bonchev–Trinajstić information content (AvgIpc) is 2.91. The molecule has 0 radical (unpaired) electrons. The highest BCUT2D eigenvalue weighted by molar-refractivity contribution is 7.89. The molecule has 2 rings (SSSR count). The van der Waals surface area contributed by atoms with Gasteiger partial charge in [-0.1, -0.05) is 30.7 Å². The van der Waals surface area contributed by atoms with Crippen molar-refractivity contribution in [3.63, 3.8) is 0 Å². The van der Waals surface area contributed by atoms with Gasteiger partial charge >= 0.3 is 5.97 Å². The maximum absolute atomic E-state index is 12.6. The summed E-state index contributed by atoms with van der Waals surface area (Å²) >= 11 is 0. The standard InChI is InChI=1S/C15H21NO4S/c1-11-6-3-4-7-12(11)10-16(2)21(19,20)14-9-5-8-13(14)15(17)18/h3-4,6-7,13-14H,5,8-10H2,1-2H3,(H,17,18). The maximum Gasteiger partial charge on any atom is 0.307 e. The van der Waals surface area contributed by atoms with Gasteiger partial charge in [-0.15, -0.1) is 0 Å². The Morgan fingerprint density at radius 2 is 2.00 bits per heavy atom. The molecule has 21 heavy (non-hydrogen) atoms. The van der Waals surface area contributed by atoms with Gasteiger partial charge in [-0.05, 0) is 30.9 Å². The van der Waals surface area contributed by atoms with Gasteiger partial charge in [-0.2, -0.15) is 0 Å². The molecule has 0 bridgehead atoms. The molecule has 0 saturated heterocycles. The van der Waals surface area contributed by atoms with Crippen LogP contribution in [0.15, 0.2) is 24.3 Å². The van der Waals surface area contributed by atoms with Crippen molar-refractivity contribution < 1.29 is 18.3 Å². The molecule has 5 nitrogen and oxygen atoms in total. The van der Waals surface area contributed by atoms with Crippen molar-refractivity contribution in [2.24, 2.45) is 5.92 Å². The SMILES string of the molecule is Cc1ccccc1CN(C)S(=O)(=O)C1CCCC1C(=O)O. The molecule has 0 aromatic heterocycles. The van der Waals surface area contributed by atoms with Gasteiger partial charge in [0.25, 0.3) is 0 Å². The predicted molar refractivity (Wildman–Crippen MR) is 80.3 cm³/mol. The van der Waals surface area contributed by atoms with Crippen LogP contribution < -0.4 is 0 Å². The molecular formula is C15H21NO4S. The number of aryl methyl sites for hydroxylation is 1. The van der Waals surface area contributed by atoms with Crippen LogP contribution in [0.2, 0.25) is 0 Å². The Kier molecular flexibility index (Phi) is 4.68. The number of carboxylic acids is 1. The van der Waals surface area contributed by atoms with E-state index in [1.165, 1.54) is 11.4 Å². The monoisotopic (exact) mass is 311 g/mol. The zero-order valence-corrected chi connectivity index (χ0v) is 13.1. The quantitative estimate of drug-likeness (QED) is 0.902. The van der Waals surface area contributed by atoms with Crippen LogP contribution in [0.4, 0.5) is 0 Å². The van der Waals surface area contributed by atoms with Crippen molar-refractivity contribution in [3.05, 3.63) is 35.4 Å². The minimum absolute atomic E-state index is 0.276. The molecule has 1 saturated carbocycles. The van der Waals surface area contributed by atoms with Crippen molar-refractivity contribution in [2.75, 3.05) is 7.05 Å². The number of benzene rings is 1. The third-order valence-corrected chi connectivity index (χ3v) is 6.57. The molecular weight excluding hydrogens is 290 g/mol. The topological polar surface area (TPSA) is 74.7 Å². The lowest BCUT2D eigenvalue weighted by atomic mass is 10.1. The molecule has 2 atom stereocenters. The first-order chi connectivity index (χ1) is 9.84. The molecule has 1 aromatic carbocycles. The highest BCUT2D eigenvalue weighted by Gasteiger charge is 2.43. The summed E-state index contributed by atoms with van der Waals surface area (Å²) in [7, 11) is -2.07. The fourth-order valence-corrected chi connectivity index (χ4v) is 4.83. The van der Waals surface area contributed by atoms with Crippen LogP contribution in [0.25, 0.3) is 0 Å². The normalized spacial score (nSPS) is 22.6. The summed E-state index contributed by atoms with van der Waals surface area (Å²) in [5, 5.41) is 8.38. The van der Waals surface area contributed by atoms with Crippen molar-refractivity contribution >= 4 is 16.0 Å². The first-order valence-electron chi connectivity index (χ1n) is 7.06. The molecule has 0 amide bonds. The Balaban J connectivity index is 2.19. The largest absolute Gasteiger partial charge is 0.481 e. The second-order valence-electron chi connectivity index (χ2n) is 5.64. The Labute approximate surface area is 125 Å². The summed E-state index contributed by atoms with van der Waals surface area (Å²) in [5.41, 5.74) is 1.97. The van der Waals surface area contributed by atoms with Crippen LogP contribution in [0.1, 0.15) is 30.4 Å². The smallest absolute Gasteiger partial charge is 0.307 e. The average molecular weight is 311 g/mol. The molecule has 1 aliphatic carbocycles. The highest BCUT2D eigenvalue weighted by atomic mass is 32.2. The number of hydrogen-bond donors (Lipinski definition) is 1. The molecule has 6 heteroatoms. The summed E-state index contributed by atoms with van der Waals surface area (Å²) in [4.78, 5) is 11.2. The van der Waals surface area contributed by atoms with Gasteiger partial charge in [-0.25, -0.2) is 12.7 Å². The molecule has 0 spiro atoms. The molecule has 1 fully saturated rings. The highest BCUT2D eigenvalue weighted by Crippen LogP contribution is 2.33. The second kappa shape index (κ2) is 6.15. The summed E-state index contributed by atoms with van der Waals surface area (Å²) < 4.78 is 26.5. The van der Waals surface area contributed by atoms with Crippen molar-refractivity contribution in [2.45, 2.75) is 38.0 Å². The van der Waals surface area contributed by atoms with Crippen molar-refractivity contribution in [3.8, 4) is 0 Å². The summed E-state index contributed by atoms with van der Waals surface area (Å²) in [6.45, 7) is 2.21. The van der Waals surface area contributed by atoms with Crippen molar-refractivity contribution in [1.29, 1.82) is 0 Å². The van der Waals surface area contributed by atoms with E-state index < -0.39 is 27.2 Å². The number of rotatable bonds is 5. The lowest BCUT2D eigenvalue weighted by Gasteiger charge is -2.24. The van der Waals surface area contributed by atoms with Crippen molar-refractivity contribution in [1.82, 2.24) is 4.31 Å². The lowest BCUT2D eigenvalue weighted by Crippen LogP contribution is -2.40. The summed E-state index contributed by atoms with van der Waals surface area (Å²) in [6.07, 6.45) is 1.52. The minimum Gasteiger partial charge on any atom is -0.481 e. The van der Waals surface area contributed by atoms with Gasteiger partial charge in [0.1, 0.15) is 0 Å². The van der Waals surface area contributed by atoms with E-state index in [9.17, 15) is 18.3 Å². The van der Waals surface area contributed by atoms with Gasteiger partial charge in [0.15, 0.2) is 0 Å². The van der Waals surface area contributed by atoms with E-state index in [2.05, 4.69) is 0 Å². The van der Waals surface area contributed by atoms with Gasteiger partial charge in [0.05, 0.1) is 11.2 Å². The zero-order valence-electron chi connectivity index (χ0n) is 12.3. The predicted octanol–water partition coefficient (Wildman–Crippen LogP) is 2.01. The summed E-state index contributed by atoms with van der Waals surface area (Å²) in [6, 6.07) is 7.61. The Bertz CT molecular complexity index is 626. The first kappa shape index (κ1) is 16.0. The van der Waals surface area contributed by atoms with Crippen LogP contribution >= 0.6 is 0 Å². The first-order valence-corrected chi connectivity index (χ1v) is 8.57. The van der Waals surface area contributed by atoms with E-state index >= 15 is 0 Å². The fraction of sp³-hybridized carbons (Fsp3) is 0.533. The Morgan fingerprint density at radius 3 is 2.62 bits per heavy atom. The second-order valence-corrected chi connectivity index (χ2v) is 7.90. The minimum atomic E-state index is -3.60. The molecule has 0 aliphatic heterocycles. The lowest BCUT2D eigenvalue weighted by molar-refractivity contribution is -0.141. The molecule has 1 aliphatic rings. The Hall–Kier alpha value is -1.40. The molecule has 1 aromatic rings. The number of aliphatic carboxylic acids is 1. The molecule has 0 heterocycles. The number of sulfonamides is 1. The number of carbonyl (C=O) groups is 1. The number of carboxylic acid groups (broad SMARTS) is 1. The van der Waals surface area contributed by atoms with Gasteiger partial charge in [0, 0.05) is 13.6 Å². The fourth-order valence-electron chi connectivity index (χ4n) is 2.91.